The molecular formula is C8H15FN2. The van der Waals surface area contributed by atoms with Crippen molar-refractivity contribution in [3.05, 3.63) is 0 Å². The average Bonchev–Trinajstić information content (AvgIpc) is 2.50. The van der Waals surface area contributed by atoms with E-state index in [2.05, 4.69) is 10.3 Å². The number of nitrogens with one attached hydrogen (secondary N) is 1. The Morgan fingerprint density at radius 3 is 3.00 bits per heavy atom. The molecule has 0 fully saturated rings. The van der Waals surface area contributed by atoms with Crippen LogP contribution in [0.15, 0.2) is 4.99 Å². The van der Waals surface area contributed by atoms with Crippen LogP contribution in [-0.4, -0.2) is 25.6 Å². The molecule has 1 aliphatic rings. The molecule has 1 aliphatic heterocycles. The Kier molecular flexibility index (Phi) is 3.94. The van der Waals surface area contributed by atoms with Crippen LogP contribution in [-0.2, 0) is 0 Å². The first-order valence-electron chi connectivity index (χ1n) is 4.26. The molecule has 0 unspecified atom stereocenters. The lowest BCUT2D eigenvalue weighted by Crippen LogP contribution is -2.22. The van der Waals surface area contributed by atoms with E-state index < -0.39 is 0 Å². The molecule has 1 N–H and O–H groups in total. The molecule has 0 saturated carbocycles. The predicted octanol–water partition coefficient (Wildman–Crippen LogP) is 1.52. The van der Waals surface area contributed by atoms with Gasteiger partial charge in [-0.3, -0.25) is 9.38 Å². The zero-order valence-electron chi connectivity index (χ0n) is 6.77. The van der Waals surface area contributed by atoms with Gasteiger partial charge < -0.3 is 5.32 Å². The number of amidine groups is 1. The Morgan fingerprint density at radius 2 is 2.36 bits per heavy atom. The second kappa shape index (κ2) is 5.10. The van der Waals surface area contributed by atoms with Crippen LogP contribution in [0.1, 0.15) is 25.7 Å². The Balaban J connectivity index is 1.94. The van der Waals surface area contributed by atoms with Gasteiger partial charge in [-0.05, 0) is 19.3 Å². The number of aliphatic imine (C=N–C) groups is 1. The van der Waals surface area contributed by atoms with Crippen LogP contribution in [0, 0.1) is 0 Å². The van der Waals surface area contributed by atoms with Gasteiger partial charge in [-0.25, -0.2) is 0 Å². The van der Waals surface area contributed by atoms with Crippen LogP contribution >= 0.6 is 0 Å². The second-order valence-corrected chi connectivity index (χ2v) is 2.75. The van der Waals surface area contributed by atoms with Gasteiger partial charge in [0.25, 0.3) is 0 Å². The van der Waals surface area contributed by atoms with Crippen molar-refractivity contribution < 1.29 is 4.39 Å². The highest BCUT2D eigenvalue weighted by Crippen LogP contribution is 2.00. The third-order valence-corrected chi connectivity index (χ3v) is 1.76. The summed E-state index contributed by atoms with van der Waals surface area (Å²) in [6.45, 7) is 1.64. The average molecular weight is 158 g/mol. The molecule has 0 spiro atoms. The highest BCUT2D eigenvalue weighted by molar-refractivity contribution is 5.83. The van der Waals surface area contributed by atoms with E-state index in [0.29, 0.717) is 6.42 Å². The summed E-state index contributed by atoms with van der Waals surface area (Å²) in [6, 6.07) is 0. The van der Waals surface area contributed by atoms with Crippen LogP contribution in [0.25, 0.3) is 0 Å². The Hall–Kier alpha value is -0.600. The van der Waals surface area contributed by atoms with Gasteiger partial charge in [-0.1, -0.05) is 0 Å². The quantitative estimate of drug-likeness (QED) is 0.616. The predicted molar refractivity (Wildman–Crippen MR) is 44.7 cm³/mol. The topological polar surface area (TPSA) is 24.4 Å². The molecule has 64 valence electrons. The summed E-state index contributed by atoms with van der Waals surface area (Å²) in [6.07, 6.45) is 3.83. The molecule has 0 radical (unpaired) electrons. The summed E-state index contributed by atoms with van der Waals surface area (Å²) in [5.41, 5.74) is 0. The minimum Gasteiger partial charge on any atom is -0.374 e. The van der Waals surface area contributed by atoms with Crippen molar-refractivity contribution in [2.45, 2.75) is 25.7 Å². The first kappa shape index (κ1) is 8.50. The molecule has 2 nitrogen and oxygen atoms in total. The monoisotopic (exact) mass is 158 g/mol. The maximum absolute atomic E-state index is 11.6. The number of unbranched alkanes of at least 4 members (excludes halogenated alkanes) is 1. The third kappa shape index (κ3) is 3.35. The Bertz CT molecular complexity index is 134. The first-order chi connectivity index (χ1) is 5.43. The molecule has 0 aromatic rings. The van der Waals surface area contributed by atoms with E-state index in [-0.39, 0.29) is 6.67 Å². The van der Waals surface area contributed by atoms with Crippen molar-refractivity contribution in [1.82, 2.24) is 5.32 Å². The van der Waals surface area contributed by atoms with Crippen molar-refractivity contribution in [2.24, 2.45) is 4.99 Å². The van der Waals surface area contributed by atoms with E-state index in [0.717, 1.165) is 31.8 Å². The highest BCUT2D eigenvalue weighted by atomic mass is 19.1. The molecule has 3 heteroatoms. The SMILES string of the molecule is FCCCCNC1=NCCC1. The van der Waals surface area contributed by atoms with E-state index in [1.54, 1.807) is 0 Å². The van der Waals surface area contributed by atoms with Gasteiger partial charge in [0.15, 0.2) is 0 Å². The van der Waals surface area contributed by atoms with Crippen LogP contribution in [0.5, 0.6) is 0 Å². The summed E-state index contributed by atoms with van der Waals surface area (Å²) in [7, 11) is 0. The molecule has 1 heterocycles. The van der Waals surface area contributed by atoms with Gasteiger partial charge in [-0.15, -0.1) is 0 Å². The molecule has 0 amide bonds. The maximum atomic E-state index is 11.6. The van der Waals surface area contributed by atoms with E-state index in [1.165, 1.54) is 6.42 Å². The lowest BCUT2D eigenvalue weighted by atomic mass is 10.3. The van der Waals surface area contributed by atoms with E-state index in [9.17, 15) is 4.39 Å². The number of nitrogens with zero attached hydrogens (tertiary/aromatic N) is 1. The fraction of sp³-hybridized carbons (Fsp3) is 0.875. The van der Waals surface area contributed by atoms with Gasteiger partial charge in [0.2, 0.25) is 0 Å². The van der Waals surface area contributed by atoms with Gasteiger partial charge in [0.1, 0.15) is 0 Å². The number of hydrogen-bond acceptors (Lipinski definition) is 2. The number of rotatable bonds is 4. The van der Waals surface area contributed by atoms with Crippen molar-refractivity contribution in [3.8, 4) is 0 Å². The lowest BCUT2D eigenvalue weighted by Gasteiger charge is -2.02. The molecule has 0 saturated heterocycles. The van der Waals surface area contributed by atoms with Crippen molar-refractivity contribution >= 4 is 5.84 Å². The minimum atomic E-state index is -0.200. The number of halogens is 1. The van der Waals surface area contributed by atoms with Crippen molar-refractivity contribution in [1.29, 1.82) is 0 Å². The van der Waals surface area contributed by atoms with Crippen LogP contribution in [0.2, 0.25) is 0 Å². The minimum absolute atomic E-state index is 0.200. The van der Waals surface area contributed by atoms with Gasteiger partial charge >= 0.3 is 0 Å². The van der Waals surface area contributed by atoms with E-state index in [4.69, 9.17) is 0 Å². The zero-order chi connectivity index (χ0) is 7.94. The van der Waals surface area contributed by atoms with Crippen molar-refractivity contribution in [2.75, 3.05) is 19.8 Å². The summed E-state index contributed by atoms with van der Waals surface area (Å²) < 4.78 is 11.6. The Morgan fingerprint density at radius 1 is 1.45 bits per heavy atom. The van der Waals surface area contributed by atoms with Gasteiger partial charge in [0.05, 0.1) is 12.5 Å². The van der Waals surface area contributed by atoms with Crippen LogP contribution in [0.3, 0.4) is 0 Å². The largest absolute Gasteiger partial charge is 0.374 e. The molecule has 0 aliphatic carbocycles. The smallest absolute Gasteiger partial charge is 0.0963 e. The highest BCUT2D eigenvalue weighted by Gasteiger charge is 2.03. The molecule has 11 heavy (non-hydrogen) atoms. The standard InChI is InChI=1S/C8H15FN2/c9-5-1-2-6-10-8-4-3-7-11-8/h1-7H2,(H,10,11). The molecule has 0 atom stereocenters. The fourth-order valence-electron chi connectivity index (χ4n) is 1.14. The molecule has 0 bridgehead atoms. The molecule has 1 rings (SSSR count). The summed E-state index contributed by atoms with van der Waals surface area (Å²) >= 11 is 0. The number of hydrogen-bond donors (Lipinski definition) is 1. The van der Waals surface area contributed by atoms with Gasteiger partial charge in [-0.2, -0.15) is 0 Å². The second-order valence-electron chi connectivity index (χ2n) is 2.75. The molecular weight excluding hydrogens is 143 g/mol. The lowest BCUT2D eigenvalue weighted by molar-refractivity contribution is 0.461. The van der Waals surface area contributed by atoms with Crippen LogP contribution < -0.4 is 5.32 Å². The summed E-state index contributed by atoms with van der Waals surface area (Å²) in [5.74, 6) is 1.11. The fourth-order valence-corrected chi connectivity index (χ4v) is 1.14. The van der Waals surface area contributed by atoms with E-state index >= 15 is 0 Å². The first-order valence-corrected chi connectivity index (χ1v) is 4.26. The Labute approximate surface area is 66.9 Å². The molecule has 0 aromatic heterocycles. The van der Waals surface area contributed by atoms with E-state index in [1.807, 2.05) is 0 Å². The van der Waals surface area contributed by atoms with Crippen LogP contribution in [0.4, 0.5) is 4.39 Å². The molecule has 0 aromatic carbocycles. The zero-order valence-corrected chi connectivity index (χ0v) is 6.77. The number of alkyl halides is 1. The normalized spacial score (nSPS) is 16.6. The third-order valence-electron chi connectivity index (χ3n) is 1.76. The van der Waals surface area contributed by atoms with Crippen molar-refractivity contribution in [3.63, 3.8) is 0 Å². The summed E-state index contributed by atoms with van der Waals surface area (Å²) in [5, 5.41) is 3.20. The maximum Gasteiger partial charge on any atom is 0.0963 e. The summed E-state index contributed by atoms with van der Waals surface area (Å²) in [4.78, 5) is 4.25. The van der Waals surface area contributed by atoms with Gasteiger partial charge in [0, 0.05) is 19.5 Å².